The fraction of sp³-hybridized carbons (Fsp3) is 0.350. The Labute approximate surface area is 166 Å². The van der Waals surface area contributed by atoms with E-state index in [1.807, 2.05) is 13.0 Å². The zero-order valence-corrected chi connectivity index (χ0v) is 17.8. The standard InChI is InChI=1S/C20H26N2O5S/c1-13-11-15(7-9-18(13)22(3)28(6,24)25)20(23)21-14(2)17-12-16(26-4)8-10-19(17)27-5/h7-12,14H,1-6H3,(H,21,23). The minimum atomic E-state index is -3.37. The maximum absolute atomic E-state index is 12.7. The molecule has 28 heavy (non-hydrogen) atoms. The van der Waals surface area contributed by atoms with Crippen LogP contribution in [0.25, 0.3) is 0 Å². The van der Waals surface area contributed by atoms with Gasteiger partial charge in [-0.2, -0.15) is 0 Å². The van der Waals surface area contributed by atoms with Crippen molar-refractivity contribution in [2.45, 2.75) is 19.9 Å². The van der Waals surface area contributed by atoms with Gasteiger partial charge in [0.25, 0.3) is 5.91 Å². The maximum Gasteiger partial charge on any atom is 0.251 e. The Balaban J connectivity index is 2.25. The molecule has 0 heterocycles. The number of ether oxygens (including phenoxy) is 2. The Morgan fingerprint density at radius 1 is 1.11 bits per heavy atom. The molecule has 1 unspecified atom stereocenters. The highest BCUT2D eigenvalue weighted by molar-refractivity contribution is 7.92. The third-order valence-electron chi connectivity index (χ3n) is 4.55. The lowest BCUT2D eigenvalue weighted by atomic mass is 10.0. The quantitative estimate of drug-likeness (QED) is 0.764. The molecule has 2 rings (SSSR count). The van der Waals surface area contributed by atoms with E-state index in [4.69, 9.17) is 9.47 Å². The Bertz CT molecular complexity index is 973. The summed E-state index contributed by atoms with van der Waals surface area (Å²) in [6.07, 6.45) is 1.14. The molecule has 0 aromatic heterocycles. The van der Waals surface area contributed by atoms with Crippen LogP contribution in [0.4, 0.5) is 5.69 Å². The first kappa shape index (κ1) is 21.6. The van der Waals surface area contributed by atoms with E-state index in [2.05, 4.69) is 5.32 Å². The summed E-state index contributed by atoms with van der Waals surface area (Å²) < 4.78 is 35.3. The Kier molecular flexibility index (Phi) is 6.56. The summed E-state index contributed by atoms with van der Waals surface area (Å²) in [4.78, 5) is 12.7. The summed E-state index contributed by atoms with van der Waals surface area (Å²) in [6, 6.07) is 9.97. The number of methoxy groups -OCH3 is 2. The molecule has 152 valence electrons. The highest BCUT2D eigenvalue weighted by Crippen LogP contribution is 2.29. The number of aryl methyl sites for hydroxylation is 1. The molecule has 0 bridgehead atoms. The number of nitrogens with one attached hydrogen (secondary N) is 1. The molecule has 0 radical (unpaired) electrons. The number of carbonyl (C=O) groups excluding carboxylic acids is 1. The zero-order valence-electron chi connectivity index (χ0n) is 16.9. The number of anilines is 1. The summed E-state index contributed by atoms with van der Waals surface area (Å²) in [5.74, 6) is 1.05. The number of hydrogen-bond acceptors (Lipinski definition) is 5. The second-order valence-electron chi connectivity index (χ2n) is 6.53. The van der Waals surface area contributed by atoms with Gasteiger partial charge in [-0.15, -0.1) is 0 Å². The third kappa shape index (κ3) is 4.75. The van der Waals surface area contributed by atoms with Gasteiger partial charge in [0, 0.05) is 18.2 Å². The van der Waals surface area contributed by atoms with Crippen molar-refractivity contribution in [1.82, 2.24) is 5.32 Å². The Morgan fingerprint density at radius 2 is 1.79 bits per heavy atom. The fourth-order valence-electron chi connectivity index (χ4n) is 2.86. The highest BCUT2D eigenvalue weighted by atomic mass is 32.2. The van der Waals surface area contributed by atoms with Crippen LogP contribution in [0.5, 0.6) is 11.5 Å². The molecule has 1 amide bonds. The van der Waals surface area contributed by atoms with E-state index in [0.717, 1.165) is 11.8 Å². The number of nitrogens with zero attached hydrogens (tertiary/aromatic N) is 1. The van der Waals surface area contributed by atoms with Crippen LogP contribution >= 0.6 is 0 Å². The van der Waals surface area contributed by atoms with Crippen molar-refractivity contribution in [3.63, 3.8) is 0 Å². The van der Waals surface area contributed by atoms with Gasteiger partial charge in [0.1, 0.15) is 11.5 Å². The Morgan fingerprint density at radius 3 is 2.32 bits per heavy atom. The van der Waals surface area contributed by atoms with E-state index in [-0.39, 0.29) is 11.9 Å². The highest BCUT2D eigenvalue weighted by Gasteiger charge is 2.19. The van der Waals surface area contributed by atoms with Gasteiger partial charge in [-0.25, -0.2) is 8.42 Å². The molecule has 0 saturated carbocycles. The van der Waals surface area contributed by atoms with Gasteiger partial charge in [-0.1, -0.05) is 0 Å². The molecule has 0 fully saturated rings. The molecule has 2 aromatic rings. The minimum Gasteiger partial charge on any atom is -0.497 e. The SMILES string of the molecule is COc1ccc(OC)c(C(C)NC(=O)c2ccc(N(C)S(C)(=O)=O)c(C)c2)c1. The Hall–Kier alpha value is -2.74. The summed E-state index contributed by atoms with van der Waals surface area (Å²) in [5.41, 5.74) is 2.45. The molecule has 1 N–H and O–H groups in total. The molecule has 1 atom stereocenters. The predicted octanol–water partition coefficient (Wildman–Crippen LogP) is 2.90. The van der Waals surface area contributed by atoms with Crippen LogP contribution in [0.15, 0.2) is 36.4 Å². The molecule has 8 heteroatoms. The molecule has 2 aromatic carbocycles. The molecule has 0 aliphatic heterocycles. The smallest absolute Gasteiger partial charge is 0.251 e. The lowest BCUT2D eigenvalue weighted by Gasteiger charge is -2.21. The van der Waals surface area contributed by atoms with Crippen molar-refractivity contribution >= 4 is 21.6 Å². The van der Waals surface area contributed by atoms with E-state index in [9.17, 15) is 13.2 Å². The average Bonchev–Trinajstić information content (AvgIpc) is 2.65. The van der Waals surface area contributed by atoms with E-state index < -0.39 is 10.0 Å². The number of amides is 1. The van der Waals surface area contributed by atoms with Crippen LogP contribution in [0.2, 0.25) is 0 Å². The summed E-state index contributed by atoms with van der Waals surface area (Å²) in [6.45, 7) is 3.62. The number of rotatable bonds is 7. The van der Waals surface area contributed by atoms with Crippen molar-refractivity contribution in [1.29, 1.82) is 0 Å². The molecule has 0 aliphatic carbocycles. The number of sulfonamides is 1. The molecule has 7 nitrogen and oxygen atoms in total. The van der Waals surface area contributed by atoms with Crippen molar-refractivity contribution in [3.05, 3.63) is 53.1 Å². The van der Waals surface area contributed by atoms with Gasteiger partial charge in [0.2, 0.25) is 10.0 Å². The van der Waals surface area contributed by atoms with E-state index in [1.165, 1.54) is 11.4 Å². The van der Waals surface area contributed by atoms with Crippen LogP contribution in [-0.2, 0) is 10.0 Å². The van der Waals surface area contributed by atoms with E-state index in [1.54, 1.807) is 51.5 Å². The monoisotopic (exact) mass is 406 g/mol. The number of benzene rings is 2. The number of hydrogen-bond donors (Lipinski definition) is 1. The topological polar surface area (TPSA) is 84.9 Å². The summed E-state index contributed by atoms with van der Waals surface area (Å²) in [7, 11) is 1.25. The predicted molar refractivity (Wildman–Crippen MR) is 110 cm³/mol. The summed E-state index contributed by atoms with van der Waals surface area (Å²) >= 11 is 0. The van der Waals surface area contributed by atoms with E-state index in [0.29, 0.717) is 28.3 Å². The van der Waals surface area contributed by atoms with Gasteiger partial charge < -0.3 is 14.8 Å². The molecule has 0 aliphatic rings. The maximum atomic E-state index is 12.7. The fourth-order valence-corrected chi connectivity index (χ4v) is 3.43. The zero-order chi connectivity index (χ0) is 21.1. The van der Waals surface area contributed by atoms with Crippen molar-refractivity contribution in [2.24, 2.45) is 0 Å². The van der Waals surface area contributed by atoms with Crippen molar-refractivity contribution in [3.8, 4) is 11.5 Å². The van der Waals surface area contributed by atoms with E-state index >= 15 is 0 Å². The largest absolute Gasteiger partial charge is 0.497 e. The minimum absolute atomic E-state index is 0.269. The molecule has 0 spiro atoms. The van der Waals surface area contributed by atoms with Gasteiger partial charge in [0.05, 0.1) is 32.2 Å². The summed E-state index contributed by atoms with van der Waals surface area (Å²) in [5, 5.41) is 2.94. The first-order valence-electron chi connectivity index (χ1n) is 8.65. The first-order chi connectivity index (χ1) is 13.1. The number of carbonyl (C=O) groups is 1. The van der Waals surface area contributed by atoms with Crippen LogP contribution in [0.1, 0.15) is 34.5 Å². The lowest BCUT2D eigenvalue weighted by Crippen LogP contribution is -2.28. The van der Waals surface area contributed by atoms with Crippen LogP contribution in [0.3, 0.4) is 0 Å². The van der Waals surface area contributed by atoms with Gasteiger partial charge in [-0.3, -0.25) is 9.10 Å². The van der Waals surface area contributed by atoms with Crippen LogP contribution < -0.4 is 19.1 Å². The van der Waals surface area contributed by atoms with Crippen LogP contribution in [-0.4, -0.2) is 41.8 Å². The second kappa shape index (κ2) is 8.52. The van der Waals surface area contributed by atoms with Crippen molar-refractivity contribution in [2.75, 3.05) is 31.8 Å². The first-order valence-corrected chi connectivity index (χ1v) is 10.5. The van der Waals surface area contributed by atoms with Crippen LogP contribution in [0, 0.1) is 6.92 Å². The average molecular weight is 407 g/mol. The molecular formula is C20H26N2O5S. The van der Waals surface area contributed by atoms with Gasteiger partial charge >= 0.3 is 0 Å². The lowest BCUT2D eigenvalue weighted by molar-refractivity contribution is 0.0939. The molecular weight excluding hydrogens is 380 g/mol. The second-order valence-corrected chi connectivity index (χ2v) is 8.55. The van der Waals surface area contributed by atoms with Gasteiger partial charge in [-0.05, 0) is 55.8 Å². The van der Waals surface area contributed by atoms with Crippen molar-refractivity contribution < 1.29 is 22.7 Å². The normalized spacial score (nSPS) is 12.2. The third-order valence-corrected chi connectivity index (χ3v) is 5.74. The van der Waals surface area contributed by atoms with Gasteiger partial charge in [0.15, 0.2) is 0 Å². The molecule has 0 saturated heterocycles.